The number of benzene rings is 1. The van der Waals surface area contributed by atoms with Crippen LogP contribution >= 0.6 is 0 Å². The lowest BCUT2D eigenvalue weighted by atomic mass is 9.96. The molecule has 1 saturated heterocycles. The van der Waals surface area contributed by atoms with Gasteiger partial charge in [-0.3, -0.25) is 4.79 Å². The van der Waals surface area contributed by atoms with Crippen LogP contribution in [0.3, 0.4) is 0 Å². The number of carbonyl (C=O) groups excluding carboxylic acids is 1. The monoisotopic (exact) mass is 376 g/mol. The third-order valence-corrected chi connectivity index (χ3v) is 5.08. The number of nitrogens with zero attached hydrogens (tertiary/aromatic N) is 3. The van der Waals surface area contributed by atoms with E-state index in [2.05, 4.69) is 22.2 Å². The maximum absolute atomic E-state index is 14.0. The first-order valence-electron chi connectivity index (χ1n) is 9.50. The van der Waals surface area contributed by atoms with Crippen LogP contribution in [0.5, 0.6) is 0 Å². The van der Waals surface area contributed by atoms with Crippen LogP contribution in [0.1, 0.15) is 42.2 Å². The van der Waals surface area contributed by atoms with Gasteiger partial charge in [0.25, 0.3) is 5.91 Å². The molecule has 3 rings (SSSR count). The highest BCUT2D eigenvalue weighted by atomic mass is 19.1. The van der Waals surface area contributed by atoms with Crippen molar-refractivity contribution in [3.63, 3.8) is 0 Å². The lowest BCUT2D eigenvalue weighted by Gasteiger charge is -2.31. The molecule has 0 unspecified atom stereocenters. The molecule has 27 heavy (non-hydrogen) atoms. The Morgan fingerprint density at radius 2 is 1.93 bits per heavy atom. The largest absolute Gasteiger partial charge is 0.350 e. The minimum atomic E-state index is -0.719. The summed E-state index contributed by atoms with van der Waals surface area (Å²) in [5.74, 6) is -1.29. The highest BCUT2D eigenvalue weighted by molar-refractivity contribution is 5.93. The average molecular weight is 376 g/mol. The molecule has 0 spiro atoms. The predicted octanol–water partition coefficient (Wildman–Crippen LogP) is 3.31. The minimum Gasteiger partial charge on any atom is -0.350 e. The quantitative estimate of drug-likeness (QED) is 0.842. The SMILES string of the molecule is CCCN1CCC(CNC(=O)c2nn(-c3c(F)cccc3F)cc2C)CC1. The molecule has 7 heteroatoms. The molecular weight excluding hydrogens is 350 g/mol. The van der Waals surface area contributed by atoms with Gasteiger partial charge in [0.1, 0.15) is 5.69 Å². The first-order chi connectivity index (χ1) is 13.0. The van der Waals surface area contributed by atoms with Gasteiger partial charge in [0.2, 0.25) is 0 Å². The standard InChI is InChI=1S/C20H26F2N4O/c1-3-9-25-10-7-15(8-11-25)12-23-20(27)18-14(2)13-26(24-18)19-16(21)5-4-6-17(19)22/h4-6,13,15H,3,7-12H2,1-2H3,(H,23,27). The number of carbonyl (C=O) groups is 1. The van der Waals surface area contributed by atoms with Gasteiger partial charge in [-0.05, 0) is 63.9 Å². The topological polar surface area (TPSA) is 50.2 Å². The molecule has 2 heterocycles. The number of aryl methyl sites for hydroxylation is 1. The van der Waals surface area contributed by atoms with E-state index in [1.165, 1.54) is 24.4 Å². The van der Waals surface area contributed by atoms with Gasteiger partial charge in [-0.1, -0.05) is 13.0 Å². The van der Waals surface area contributed by atoms with Crippen LogP contribution in [0.15, 0.2) is 24.4 Å². The first-order valence-corrected chi connectivity index (χ1v) is 9.50. The maximum Gasteiger partial charge on any atom is 0.272 e. The van der Waals surface area contributed by atoms with Gasteiger partial charge in [0.05, 0.1) is 0 Å². The van der Waals surface area contributed by atoms with Crippen molar-refractivity contribution in [2.75, 3.05) is 26.2 Å². The fourth-order valence-corrected chi connectivity index (χ4v) is 3.56. The molecule has 1 amide bonds. The number of likely N-dealkylation sites (tertiary alicyclic amines) is 1. The van der Waals surface area contributed by atoms with Crippen LogP contribution in [0.4, 0.5) is 8.78 Å². The van der Waals surface area contributed by atoms with Crippen molar-refractivity contribution >= 4 is 5.91 Å². The van der Waals surface area contributed by atoms with E-state index in [-0.39, 0.29) is 17.3 Å². The van der Waals surface area contributed by atoms with Crippen LogP contribution in [-0.2, 0) is 0 Å². The number of hydrogen-bond donors (Lipinski definition) is 1. The molecule has 1 aliphatic heterocycles. The summed E-state index contributed by atoms with van der Waals surface area (Å²) in [6.45, 7) is 7.74. The van der Waals surface area contributed by atoms with Crippen molar-refractivity contribution in [3.8, 4) is 5.69 Å². The zero-order chi connectivity index (χ0) is 19.4. The zero-order valence-electron chi connectivity index (χ0n) is 15.8. The second-order valence-corrected chi connectivity index (χ2v) is 7.17. The number of piperidine rings is 1. The molecule has 5 nitrogen and oxygen atoms in total. The minimum absolute atomic E-state index is 0.195. The molecule has 1 fully saturated rings. The van der Waals surface area contributed by atoms with Crippen molar-refractivity contribution in [3.05, 3.63) is 47.3 Å². The molecule has 1 aliphatic rings. The fraction of sp³-hybridized carbons (Fsp3) is 0.500. The zero-order valence-corrected chi connectivity index (χ0v) is 15.8. The lowest BCUT2D eigenvalue weighted by molar-refractivity contribution is 0.0930. The van der Waals surface area contributed by atoms with Crippen molar-refractivity contribution in [1.29, 1.82) is 0 Å². The summed E-state index contributed by atoms with van der Waals surface area (Å²) in [4.78, 5) is 15.0. The van der Waals surface area contributed by atoms with Crippen LogP contribution in [0.25, 0.3) is 5.69 Å². The number of halogens is 2. The Balaban J connectivity index is 1.62. The van der Waals surface area contributed by atoms with E-state index in [1.54, 1.807) is 6.92 Å². The third kappa shape index (κ3) is 4.53. The molecule has 0 saturated carbocycles. The third-order valence-electron chi connectivity index (χ3n) is 5.08. The normalized spacial score (nSPS) is 15.9. The van der Waals surface area contributed by atoms with Gasteiger partial charge >= 0.3 is 0 Å². The van der Waals surface area contributed by atoms with Gasteiger partial charge in [-0.2, -0.15) is 5.10 Å². The van der Waals surface area contributed by atoms with Gasteiger partial charge in [-0.15, -0.1) is 0 Å². The van der Waals surface area contributed by atoms with Crippen LogP contribution in [0, 0.1) is 24.5 Å². The Morgan fingerprint density at radius 3 is 2.56 bits per heavy atom. The Hall–Kier alpha value is -2.28. The molecule has 0 bridgehead atoms. The number of amides is 1. The number of nitrogens with one attached hydrogen (secondary N) is 1. The fourth-order valence-electron chi connectivity index (χ4n) is 3.56. The van der Waals surface area contributed by atoms with Crippen molar-refractivity contribution in [1.82, 2.24) is 20.0 Å². The van der Waals surface area contributed by atoms with E-state index in [9.17, 15) is 13.6 Å². The van der Waals surface area contributed by atoms with Gasteiger partial charge in [0.15, 0.2) is 17.3 Å². The van der Waals surface area contributed by atoms with Gasteiger partial charge < -0.3 is 10.2 Å². The number of para-hydroxylation sites is 1. The summed E-state index contributed by atoms with van der Waals surface area (Å²) >= 11 is 0. The summed E-state index contributed by atoms with van der Waals surface area (Å²) < 4.78 is 29.0. The van der Waals surface area contributed by atoms with Gasteiger partial charge in [0, 0.05) is 18.3 Å². The lowest BCUT2D eigenvalue weighted by Crippen LogP contribution is -2.39. The van der Waals surface area contributed by atoms with Crippen molar-refractivity contribution in [2.24, 2.45) is 5.92 Å². The maximum atomic E-state index is 14.0. The molecule has 2 aromatic rings. The second kappa shape index (κ2) is 8.61. The molecule has 0 radical (unpaired) electrons. The van der Waals surface area contributed by atoms with E-state index >= 15 is 0 Å². The highest BCUT2D eigenvalue weighted by Gasteiger charge is 2.22. The summed E-state index contributed by atoms with van der Waals surface area (Å²) in [5, 5.41) is 7.05. The second-order valence-electron chi connectivity index (χ2n) is 7.17. The van der Waals surface area contributed by atoms with E-state index in [4.69, 9.17) is 0 Å². The van der Waals surface area contributed by atoms with Crippen LogP contribution in [0.2, 0.25) is 0 Å². The average Bonchev–Trinajstić information content (AvgIpc) is 3.02. The molecule has 146 valence electrons. The van der Waals surface area contributed by atoms with E-state index in [1.807, 2.05) is 0 Å². The Morgan fingerprint density at radius 1 is 1.26 bits per heavy atom. The molecule has 0 aliphatic carbocycles. The highest BCUT2D eigenvalue weighted by Crippen LogP contribution is 2.19. The first kappa shape index (κ1) is 19.5. The molecule has 1 N–H and O–H groups in total. The molecule has 1 aromatic heterocycles. The molecule has 0 atom stereocenters. The Bertz CT molecular complexity index is 777. The predicted molar refractivity (Wildman–Crippen MR) is 100 cm³/mol. The Kier molecular flexibility index (Phi) is 6.21. The summed E-state index contributed by atoms with van der Waals surface area (Å²) in [6, 6.07) is 3.63. The van der Waals surface area contributed by atoms with Crippen molar-refractivity contribution in [2.45, 2.75) is 33.1 Å². The molecular formula is C20H26F2N4O. The Labute approximate surface area is 158 Å². The molecule has 1 aromatic carbocycles. The summed E-state index contributed by atoms with van der Waals surface area (Å²) in [7, 11) is 0. The van der Waals surface area contributed by atoms with E-state index in [0.29, 0.717) is 18.0 Å². The van der Waals surface area contributed by atoms with Crippen molar-refractivity contribution < 1.29 is 13.6 Å². The number of aromatic nitrogens is 2. The number of rotatable bonds is 6. The number of hydrogen-bond acceptors (Lipinski definition) is 3. The smallest absolute Gasteiger partial charge is 0.272 e. The summed E-state index contributed by atoms with van der Waals surface area (Å²) in [6.07, 6.45) is 4.76. The van der Waals surface area contributed by atoms with Crippen LogP contribution < -0.4 is 5.32 Å². The van der Waals surface area contributed by atoms with E-state index < -0.39 is 11.6 Å². The van der Waals surface area contributed by atoms with Crippen LogP contribution in [-0.4, -0.2) is 46.8 Å². The van der Waals surface area contributed by atoms with Gasteiger partial charge in [-0.25, -0.2) is 13.5 Å². The van der Waals surface area contributed by atoms with E-state index in [0.717, 1.165) is 43.6 Å². The summed E-state index contributed by atoms with van der Waals surface area (Å²) in [5.41, 5.74) is 0.497.